The van der Waals surface area contributed by atoms with Gasteiger partial charge in [-0.3, -0.25) is 0 Å². The van der Waals surface area contributed by atoms with Crippen LogP contribution >= 0.6 is 15.9 Å². The molecule has 0 unspecified atom stereocenters. The molecule has 2 N–H and O–H groups in total. The molecule has 0 amide bonds. The topological polar surface area (TPSA) is 69.7 Å². The normalized spacial score (nSPS) is 14.2. The third-order valence-corrected chi connectivity index (χ3v) is 3.09. The highest BCUT2D eigenvalue weighted by Crippen LogP contribution is 2.35. The molecule has 0 spiro atoms. The molecule has 6 nitrogen and oxygen atoms in total. The van der Waals surface area contributed by atoms with Crippen LogP contribution in [-0.4, -0.2) is 27.7 Å². The molecule has 2 heterocycles. The maximum absolute atomic E-state index is 4.02. The predicted molar refractivity (Wildman–Crippen MR) is 62.6 cm³/mol. The zero-order chi connectivity index (χ0) is 11.1. The van der Waals surface area contributed by atoms with Gasteiger partial charge in [-0.15, -0.1) is 10.2 Å². The number of anilines is 1. The molecule has 1 aromatic carbocycles. The highest BCUT2D eigenvalue weighted by atomic mass is 79.9. The van der Waals surface area contributed by atoms with Crippen molar-refractivity contribution in [3.8, 4) is 11.4 Å². The van der Waals surface area contributed by atoms with Gasteiger partial charge in [0.1, 0.15) is 0 Å². The summed E-state index contributed by atoms with van der Waals surface area (Å²) in [6.45, 7) is 0.781. The number of nitrogens with one attached hydrogen (secondary N) is 2. The second kappa shape index (κ2) is 3.53. The van der Waals surface area contributed by atoms with Crippen molar-refractivity contribution in [1.82, 2.24) is 26.0 Å². The number of tetrazole rings is 1. The van der Waals surface area contributed by atoms with Gasteiger partial charge < -0.3 is 5.01 Å². The molecule has 7 heteroatoms. The number of hydrogen-bond donors (Lipinski definition) is 2. The van der Waals surface area contributed by atoms with Crippen LogP contribution < -0.4 is 10.4 Å². The summed E-state index contributed by atoms with van der Waals surface area (Å²) in [7, 11) is 1.98. The van der Waals surface area contributed by atoms with Gasteiger partial charge in [-0.1, -0.05) is 15.9 Å². The molecule has 1 aromatic heterocycles. The SMILES string of the molecule is CN1NCc2c(-c3nn[nH]n3)cc(Br)cc21. The van der Waals surface area contributed by atoms with Gasteiger partial charge in [-0.2, -0.15) is 5.21 Å². The molecule has 1 aliphatic rings. The van der Waals surface area contributed by atoms with Crippen molar-refractivity contribution in [3.63, 3.8) is 0 Å². The van der Waals surface area contributed by atoms with Crippen LogP contribution in [0, 0.1) is 0 Å². The summed E-state index contributed by atoms with van der Waals surface area (Å²) in [5.74, 6) is 0.620. The van der Waals surface area contributed by atoms with Crippen LogP contribution in [0.5, 0.6) is 0 Å². The molecule has 0 saturated heterocycles. The number of aromatic amines is 1. The molecular formula is C9H9BrN6. The number of benzene rings is 1. The Labute approximate surface area is 100 Å². The molecule has 0 aliphatic carbocycles. The Morgan fingerprint density at radius 3 is 3.06 bits per heavy atom. The average Bonchev–Trinajstić information content (AvgIpc) is 2.88. The highest BCUT2D eigenvalue weighted by molar-refractivity contribution is 9.10. The first kappa shape index (κ1) is 9.73. The summed E-state index contributed by atoms with van der Waals surface area (Å²) in [6, 6.07) is 4.07. The van der Waals surface area contributed by atoms with Crippen LogP contribution in [0.2, 0.25) is 0 Å². The molecule has 2 aromatic rings. The zero-order valence-electron chi connectivity index (χ0n) is 8.53. The van der Waals surface area contributed by atoms with E-state index >= 15 is 0 Å². The first-order chi connectivity index (χ1) is 7.75. The summed E-state index contributed by atoms with van der Waals surface area (Å²) >= 11 is 3.49. The second-order valence-electron chi connectivity index (χ2n) is 3.58. The Kier molecular flexibility index (Phi) is 2.15. The molecule has 0 atom stereocenters. The second-order valence-corrected chi connectivity index (χ2v) is 4.50. The standard InChI is InChI=1S/C9H9BrN6/c1-16-8-3-5(10)2-6(7(8)4-11-16)9-12-14-15-13-9/h2-3,11H,4H2,1H3,(H,12,13,14,15). The van der Waals surface area contributed by atoms with Crippen LogP contribution in [0.25, 0.3) is 11.4 Å². The number of hydrogen-bond acceptors (Lipinski definition) is 5. The molecule has 3 rings (SSSR count). The maximum atomic E-state index is 4.02. The lowest BCUT2D eigenvalue weighted by atomic mass is 10.1. The maximum Gasteiger partial charge on any atom is 0.205 e. The van der Waals surface area contributed by atoms with Crippen molar-refractivity contribution in [2.24, 2.45) is 0 Å². The summed E-state index contributed by atoms with van der Waals surface area (Å²) in [6.07, 6.45) is 0. The van der Waals surface area contributed by atoms with Crippen LogP contribution in [-0.2, 0) is 6.54 Å². The smallest absolute Gasteiger partial charge is 0.205 e. The molecular weight excluding hydrogens is 272 g/mol. The highest BCUT2D eigenvalue weighted by Gasteiger charge is 2.21. The fraction of sp³-hybridized carbons (Fsp3) is 0.222. The molecule has 0 bridgehead atoms. The van der Waals surface area contributed by atoms with Crippen LogP contribution in [0.15, 0.2) is 16.6 Å². The van der Waals surface area contributed by atoms with E-state index in [0.29, 0.717) is 5.82 Å². The fourth-order valence-electron chi connectivity index (χ4n) is 1.87. The summed E-state index contributed by atoms with van der Waals surface area (Å²) < 4.78 is 1.00. The van der Waals surface area contributed by atoms with Gasteiger partial charge in [0.25, 0.3) is 0 Å². The molecule has 82 valence electrons. The van der Waals surface area contributed by atoms with Gasteiger partial charge in [-0.25, -0.2) is 5.43 Å². The fourth-order valence-corrected chi connectivity index (χ4v) is 2.31. The lowest BCUT2D eigenvalue weighted by molar-refractivity contribution is 0.735. The van der Waals surface area contributed by atoms with E-state index in [4.69, 9.17) is 0 Å². The lowest BCUT2D eigenvalue weighted by Crippen LogP contribution is -2.26. The van der Waals surface area contributed by atoms with Crippen molar-refractivity contribution in [2.45, 2.75) is 6.54 Å². The average molecular weight is 281 g/mol. The minimum atomic E-state index is 0.620. The molecule has 0 fully saturated rings. The van der Waals surface area contributed by atoms with Crippen molar-refractivity contribution < 1.29 is 0 Å². The first-order valence-electron chi connectivity index (χ1n) is 4.79. The van der Waals surface area contributed by atoms with Gasteiger partial charge in [0.05, 0.1) is 5.69 Å². The van der Waals surface area contributed by atoms with Crippen LogP contribution in [0.4, 0.5) is 5.69 Å². The number of aromatic nitrogens is 4. The Hall–Kier alpha value is -1.47. The Balaban J connectivity index is 2.23. The van der Waals surface area contributed by atoms with E-state index in [9.17, 15) is 0 Å². The van der Waals surface area contributed by atoms with Gasteiger partial charge in [0.2, 0.25) is 5.82 Å². The minimum absolute atomic E-state index is 0.620. The predicted octanol–water partition coefficient (Wildman–Crippen LogP) is 1.08. The van der Waals surface area contributed by atoms with Gasteiger partial charge in [0, 0.05) is 29.2 Å². The number of fused-ring (bicyclic) bond motifs is 1. The van der Waals surface area contributed by atoms with Crippen molar-refractivity contribution >= 4 is 21.6 Å². The van der Waals surface area contributed by atoms with E-state index in [0.717, 1.165) is 22.3 Å². The van der Waals surface area contributed by atoms with Gasteiger partial charge in [0.15, 0.2) is 0 Å². The Bertz CT molecular complexity index is 523. The quantitative estimate of drug-likeness (QED) is 0.818. The number of halogens is 1. The summed E-state index contributed by atoms with van der Waals surface area (Å²) in [4.78, 5) is 0. The van der Waals surface area contributed by atoms with E-state index < -0.39 is 0 Å². The minimum Gasteiger partial charge on any atom is -0.311 e. The Morgan fingerprint density at radius 1 is 1.44 bits per heavy atom. The van der Waals surface area contributed by atoms with E-state index in [1.54, 1.807) is 0 Å². The van der Waals surface area contributed by atoms with E-state index in [1.807, 2.05) is 18.1 Å². The summed E-state index contributed by atoms with van der Waals surface area (Å²) in [5, 5.41) is 16.1. The first-order valence-corrected chi connectivity index (χ1v) is 5.58. The van der Waals surface area contributed by atoms with Crippen molar-refractivity contribution in [2.75, 3.05) is 12.1 Å². The van der Waals surface area contributed by atoms with E-state index in [-0.39, 0.29) is 0 Å². The van der Waals surface area contributed by atoms with E-state index in [1.165, 1.54) is 5.56 Å². The van der Waals surface area contributed by atoms with Crippen LogP contribution in [0.3, 0.4) is 0 Å². The number of nitrogens with zero attached hydrogens (tertiary/aromatic N) is 4. The van der Waals surface area contributed by atoms with Gasteiger partial charge >= 0.3 is 0 Å². The largest absolute Gasteiger partial charge is 0.311 e. The monoisotopic (exact) mass is 280 g/mol. The van der Waals surface area contributed by atoms with Crippen molar-refractivity contribution in [3.05, 3.63) is 22.2 Å². The molecule has 0 saturated carbocycles. The number of rotatable bonds is 1. The summed E-state index contributed by atoms with van der Waals surface area (Å²) in [5.41, 5.74) is 6.56. The van der Waals surface area contributed by atoms with Crippen molar-refractivity contribution in [1.29, 1.82) is 0 Å². The lowest BCUT2D eigenvalue weighted by Gasteiger charge is -2.12. The third-order valence-electron chi connectivity index (χ3n) is 2.63. The number of hydrazine groups is 1. The molecule has 0 radical (unpaired) electrons. The zero-order valence-corrected chi connectivity index (χ0v) is 10.1. The number of H-pyrrole nitrogens is 1. The Morgan fingerprint density at radius 2 is 2.31 bits per heavy atom. The van der Waals surface area contributed by atoms with E-state index in [2.05, 4.69) is 48.0 Å². The molecule has 16 heavy (non-hydrogen) atoms. The molecule has 1 aliphatic heterocycles. The third kappa shape index (κ3) is 1.40. The van der Waals surface area contributed by atoms with Gasteiger partial charge in [-0.05, 0) is 17.3 Å². The van der Waals surface area contributed by atoms with Crippen LogP contribution in [0.1, 0.15) is 5.56 Å².